The Morgan fingerprint density at radius 1 is 0.774 bits per heavy atom. The van der Waals surface area contributed by atoms with Gasteiger partial charge in [-0.05, 0) is 55.2 Å². The van der Waals surface area contributed by atoms with Crippen LogP contribution in [0.1, 0.15) is 26.7 Å². The third-order valence-corrected chi connectivity index (χ3v) is 11.1. The molecule has 0 atom stereocenters. The van der Waals surface area contributed by atoms with E-state index in [0.717, 1.165) is 32.1 Å². The minimum Gasteiger partial charge on any atom is -0.342 e. The normalized spacial score (nSPS) is 15.3. The summed E-state index contributed by atoms with van der Waals surface area (Å²) in [6, 6.07) is 33.4. The van der Waals surface area contributed by atoms with Gasteiger partial charge in [0.1, 0.15) is 23.2 Å². The van der Waals surface area contributed by atoms with Crippen LogP contribution in [0.2, 0.25) is 0 Å². The van der Waals surface area contributed by atoms with Gasteiger partial charge in [-0.2, -0.15) is 0 Å². The molecule has 1 amide bonds. The first-order valence-electron chi connectivity index (χ1n) is 11.4. The summed E-state index contributed by atoms with van der Waals surface area (Å²) in [4.78, 5) is 14.6. The lowest BCUT2D eigenvalue weighted by atomic mass is 9.98. The molecule has 0 saturated carbocycles. The fraction of sp³-hybridized carbons (Fsp3) is 0.321. The molecule has 0 unspecified atom stereocenters. The Kier molecular flexibility index (Phi) is 6.88. The highest BCUT2D eigenvalue weighted by Crippen LogP contribution is 2.57. The molecule has 3 heteroatoms. The van der Waals surface area contributed by atoms with E-state index in [-0.39, 0.29) is 5.92 Å². The predicted molar refractivity (Wildman–Crippen MR) is 134 cm³/mol. The van der Waals surface area contributed by atoms with Crippen LogP contribution in [-0.4, -0.2) is 30.1 Å². The van der Waals surface area contributed by atoms with Gasteiger partial charge in [-0.3, -0.25) is 4.79 Å². The number of likely N-dealkylation sites (tertiary alicyclic amines) is 1. The molecule has 1 aliphatic heterocycles. The molecule has 1 fully saturated rings. The van der Waals surface area contributed by atoms with Gasteiger partial charge < -0.3 is 4.90 Å². The lowest BCUT2D eigenvalue weighted by Crippen LogP contribution is -2.43. The molecule has 1 saturated heterocycles. The van der Waals surface area contributed by atoms with E-state index in [0.29, 0.717) is 11.8 Å². The number of piperidine rings is 1. The molecule has 0 spiro atoms. The summed E-state index contributed by atoms with van der Waals surface area (Å²) in [5.74, 6) is 1.000. The van der Waals surface area contributed by atoms with E-state index in [1.165, 1.54) is 15.9 Å². The summed E-state index contributed by atoms with van der Waals surface area (Å²) >= 11 is 0. The Morgan fingerprint density at radius 2 is 1.16 bits per heavy atom. The predicted octanol–water partition coefficient (Wildman–Crippen LogP) is 4.88. The molecule has 1 heterocycles. The highest BCUT2D eigenvalue weighted by atomic mass is 31.2. The van der Waals surface area contributed by atoms with Gasteiger partial charge in [-0.15, -0.1) is 0 Å². The van der Waals surface area contributed by atoms with Crippen molar-refractivity contribution in [2.75, 3.05) is 19.3 Å². The molecule has 0 N–H and O–H groups in total. The number of benzene rings is 3. The molecule has 4 rings (SSSR count). The Hall–Kier alpha value is -2.44. The fourth-order valence-corrected chi connectivity index (χ4v) is 9.61. The van der Waals surface area contributed by atoms with Crippen molar-refractivity contribution in [2.24, 2.45) is 11.8 Å². The molecule has 0 aromatic heterocycles. The van der Waals surface area contributed by atoms with Crippen molar-refractivity contribution in [2.45, 2.75) is 26.7 Å². The van der Waals surface area contributed by atoms with Gasteiger partial charge >= 0.3 is 0 Å². The first kappa shape index (κ1) is 21.8. The van der Waals surface area contributed by atoms with Crippen LogP contribution in [0.3, 0.4) is 0 Å². The average Bonchev–Trinajstić information content (AvgIpc) is 2.84. The SMILES string of the molecule is CC(C)C(=O)N1CCC(C[P+](c2ccccc2)(c2ccccc2)c2ccccc2)CC1. The first-order chi connectivity index (χ1) is 15.1. The fourth-order valence-electron chi connectivity index (χ4n) is 4.90. The molecule has 3 aromatic rings. The number of rotatable bonds is 6. The van der Waals surface area contributed by atoms with Crippen LogP contribution in [0.15, 0.2) is 91.0 Å². The van der Waals surface area contributed by atoms with Crippen LogP contribution < -0.4 is 15.9 Å². The van der Waals surface area contributed by atoms with Crippen molar-refractivity contribution >= 4 is 29.1 Å². The second kappa shape index (κ2) is 9.79. The molecule has 160 valence electrons. The molecular formula is C28H33NOP+. The number of hydrogen-bond donors (Lipinski definition) is 0. The van der Waals surface area contributed by atoms with Crippen molar-refractivity contribution in [3.05, 3.63) is 91.0 Å². The highest BCUT2D eigenvalue weighted by molar-refractivity contribution is 7.95. The van der Waals surface area contributed by atoms with E-state index in [4.69, 9.17) is 0 Å². The van der Waals surface area contributed by atoms with E-state index in [2.05, 4.69) is 95.9 Å². The maximum atomic E-state index is 12.5. The van der Waals surface area contributed by atoms with Crippen LogP contribution in [-0.2, 0) is 4.79 Å². The average molecular weight is 431 g/mol. The zero-order chi connectivity index (χ0) is 21.7. The van der Waals surface area contributed by atoms with Gasteiger partial charge in [0.05, 0.1) is 6.16 Å². The smallest absolute Gasteiger partial charge is 0.225 e. The van der Waals surface area contributed by atoms with Gasteiger partial charge in [0.2, 0.25) is 5.91 Å². The van der Waals surface area contributed by atoms with E-state index in [1.54, 1.807) is 0 Å². The van der Waals surface area contributed by atoms with Gasteiger partial charge in [0, 0.05) is 19.0 Å². The zero-order valence-corrected chi connectivity index (χ0v) is 19.5. The summed E-state index contributed by atoms with van der Waals surface area (Å²) in [7, 11) is -1.79. The second-order valence-electron chi connectivity index (χ2n) is 8.92. The molecule has 3 aromatic carbocycles. The number of carbonyl (C=O) groups excluding carboxylic acids is 1. The summed E-state index contributed by atoms with van der Waals surface area (Å²) in [5.41, 5.74) is 0. The minimum atomic E-state index is -1.79. The Bertz CT molecular complexity index is 867. The van der Waals surface area contributed by atoms with Crippen molar-refractivity contribution in [3.8, 4) is 0 Å². The van der Waals surface area contributed by atoms with E-state index < -0.39 is 7.26 Å². The topological polar surface area (TPSA) is 20.3 Å². The van der Waals surface area contributed by atoms with Crippen LogP contribution >= 0.6 is 7.26 Å². The Labute approximate surface area is 187 Å². The van der Waals surface area contributed by atoms with Crippen LogP contribution in [0.4, 0.5) is 0 Å². The van der Waals surface area contributed by atoms with Gasteiger partial charge in [-0.1, -0.05) is 68.4 Å². The van der Waals surface area contributed by atoms with Crippen molar-refractivity contribution < 1.29 is 4.79 Å². The standard InChI is InChI=1S/C28H33NOP/c1-23(2)28(30)29-20-18-24(19-21-29)22-31(25-12-6-3-7-13-25,26-14-8-4-9-15-26)27-16-10-5-11-17-27/h3-17,23-24H,18-22H2,1-2H3/q+1. The number of hydrogen-bond acceptors (Lipinski definition) is 1. The summed E-state index contributed by atoms with van der Waals surface area (Å²) in [6.07, 6.45) is 3.34. The second-order valence-corrected chi connectivity index (χ2v) is 12.5. The summed E-state index contributed by atoms with van der Waals surface area (Å²) in [5, 5.41) is 4.36. The Morgan fingerprint density at radius 3 is 1.52 bits per heavy atom. The molecule has 0 aliphatic carbocycles. The van der Waals surface area contributed by atoms with Crippen LogP contribution in [0, 0.1) is 11.8 Å². The third kappa shape index (κ3) is 4.60. The van der Waals surface area contributed by atoms with Gasteiger partial charge in [-0.25, -0.2) is 0 Å². The van der Waals surface area contributed by atoms with E-state index in [1.807, 2.05) is 13.8 Å². The molecule has 31 heavy (non-hydrogen) atoms. The van der Waals surface area contributed by atoms with Crippen molar-refractivity contribution in [3.63, 3.8) is 0 Å². The third-order valence-electron chi connectivity index (χ3n) is 6.54. The quantitative estimate of drug-likeness (QED) is 0.511. The lowest BCUT2D eigenvalue weighted by molar-refractivity contribution is -0.135. The lowest BCUT2D eigenvalue weighted by Gasteiger charge is -2.36. The van der Waals surface area contributed by atoms with Gasteiger partial charge in [0.25, 0.3) is 0 Å². The molecule has 0 bridgehead atoms. The van der Waals surface area contributed by atoms with Crippen molar-refractivity contribution in [1.82, 2.24) is 4.90 Å². The molecule has 0 radical (unpaired) electrons. The largest absolute Gasteiger partial charge is 0.342 e. The molecule has 2 nitrogen and oxygen atoms in total. The highest BCUT2D eigenvalue weighted by Gasteiger charge is 2.47. The van der Waals surface area contributed by atoms with E-state index >= 15 is 0 Å². The minimum absolute atomic E-state index is 0.0843. The Balaban J connectivity index is 1.73. The monoisotopic (exact) mass is 430 g/mol. The van der Waals surface area contributed by atoms with E-state index in [9.17, 15) is 4.79 Å². The summed E-state index contributed by atoms with van der Waals surface area (Å²) in [6.45, 7) is 5.79. The number of amides is 1. The first-order valence-corrected chi connectivity index (χ1v) is 13.4. The summed E-state index contributed by atoms with van der Waals surface area (Å²) < 4.78 is 0. The number of carbonyl (C=O) groups is 1. The molecule has 1 aliphatic rings. The zero-order valence-electron chi connectivity index (χ0n) is 18.7. The molecular weight excluding hydrogens is 397 g/mol. The number of nitrogens with zero attached hydrogens (tertiary/aromatic N) is 1. The van der Waals surface area contributed by atoms with Crippen LogP contribution in [0.5, 0.6) is 0 Å². The maximum absolute atomic E-state index is 12.5. The van der Waals surface area contributed by atoms with Gasteiger partial charge in [0.15, 0.2) is 0 Å². The van der Waals surface area contributed by atoms with Crippen molar-refractivity contribution in [1.29, 1.82) is 0 Å². The van der Waals surface area contributed by atoms with Crippen LogP contribution in [0.25, 0.3) is 0 Å². The maximum Gasteiger partial charge on any atom is 0.225 e.